The van der Waals surface area contributed by atoms with Crippen molar-refractivity contribution in [2.24, 2.45) is 0 Å². The molecule has 1 aliphatic rings. The summed E-state index contributed by atoms with van der Waals surface area (Å²) in [5, 5.41) is 1.50. The Bertz CT molecular complexity index is 849. The van der Waals surface area contributed by atoms with Gasteiger partial charge in [-0.2, -0.15) is 0 Å². The molecule has 2 heterocycles. The highest BCUT2D eigenvalue weighted by molar-refractivity contribution is 7.24. The van der Waals surface area contributed by atoms with E-state index in [0.717, 1.165) is 32.5 Å². The third kappa shape index (κ3) is 2.52. The molecule has 1 atom stereocenters. The zero-order valence-electron chi connectivity index (χ0n) is 10.7. The zero-order chi connectivity index (χ0) is 13.5. The second-order valence-electron chi connectivity index (χ2n) is 4.83. The second kappa shape index (κ2) is 5.47. The van der Waals surface area contributed by atoms with E-state index in [9.17, 15) is 4.79 Å². The lowest BCUT2D eigenvalue weighted by Crippen LogP contribution is -2.06. The van der Waals surface area contributed by atoms with Crippen LogP contribution in [0.3, 0.4) is 0 Å². The van der Waals surface area contributed by atoms with Crippen molar-refractivity contribution in [3.05, 3.63) is 52.7 Å². The molecule has 4 heteroatoms. The van der Waals surface area contributed by atoms with Gasteiger partial charge < -0.3 is 9.47 Å². The highest BCUT2D eigenvalue weighted by Gasteiger charge is 2.23. The largest absolute Gasteiger partial charge is 0.489 e. The highest BCUT2D eigenvalue weighted by atomic mass is 32.1. The molecule has 1 aromatic heterocycles. The molecule has 2 aromatic carbocycles. The number of ether oxygens (including phenoxy) is 2. The van der Waals surface area contributed by atoms with Crippen LogP contribution in [0.15, 0.2) is 47.3 Å². The molecule has 3 nitrogen and oxygen atoms in total. The van der Waals surface area contributed by atoms with Crippen molar-refractivity contribution in [1.82, 2.24) is 0 Å². The minimum atomic E-state index is 0. The van der Waals surface area contributed by atoms with Gasteiger partial charge in [0.1, 0.15) is 18.5 Å². The number of epoxide rings is 1. The van der Waals surface area contributed by atoms with E-state index in [1.807, 2.05) is 42.5 Å². The normalized spacial score (nSPS) is 16.7. The van der Waals surface area contributed by atoms with Crippen molar-refractivity contribution in [1.29, 1.82) is 0 Å². The average Bonchev–Trinajstić information content (AvgIpc) is 3.30. The first-order valence-electron chi connectivity index (χ1n) is 6.52. The highest BCUT2D eigenvalue weighted by Crippen LogP contribution is 2.32. The molecule has 4 rings (SSSR count). The quantitative estimate of drug-likeness (QED) is 0.545. The molecule has 0 amide bonds. The molecular formula is C17H16O3S. The van der Waals surface area contributed by atoms with Gasteiger partial charge in [0.05, 0.1) is 11.3 Å². The van der Waals surface area contributed by atoms with Crippen LogP contribution in [0.25, 0.3) is 20.2 Å². The van der Waals surface area contributed by atoms with Crippen LogP contribution in [0.5, 0.6) is 5.75 Å². The molecule has 1 saturated heterocycles. The summed E-state index contributed by atoms with van der Waals surface area (Å²) in [5.74, 6) is 0.769. The number of fused-ring (bicyclic) bond motifs is 2. The van der Waals surface area contributed by atoms with Crippen molar-refractivity contribution in [2.75, 3.05) is 13.2 Å². The van der Waals surface area contributed by atoms with Gasteiger partial charge >= 0.3 is 0 Å². The SMILES string of the molecule is C.O=c1c2ccccc2sc2c(OCC3CO3)cccc12. The third-order valence-electron chi connectivity index (χ3n) is 3.39. The van der Waals surface area contributed by atoms with Gasteiger partial charge in [0.15, 0.2) is 5.43 Å². The first-order valence-corrected chi connectivity index (χ1v) is 7.33. The summed E-state index contributed by atoms with van der Waals surface area (Å²) in [7, 11) is 0. The van der Waals surface area contributed by atoms with Gasteiger partial charge in [-0.3, -0.25) is 4.79 Å². The molecule has 1 unspecified atom stereocenters. The molecular weight excluding hydrogens is 284 g/mol. The summed E-state index contributed by atoms with van der Waals surface area (Å²) in [6.07, 6.45) is 0.211. The van der Waals surface area contributed by atoms with Gasteiger partial charge in [-0.25, -0.2) is 0 Å². The predicted molar refractivity (Wildman–Crippen MR) is 87.6 cm³/mol. The zero-order valence-corrected chi connectivity index (χ0v) is 11.5. The monoisotopic (exact) mass is 300 g/mol. The molecule has 0 aliphatic carbocycles. The first kappa shape index (κ1) is 14.0. The summed E-state index contributed by atoms with van der Waals surface area (Å²) in [4.78, 5) is 12.5. The average molecular weight is 300 g/mol. The maximum absolute atomic E-state index is 12.5. The van der Waals surface area contributed by atoms with Crippen molar-refractivity contribution in [3.63, 3.8) is 0 Å². The minimum absolute atomic E-state index is 0. The van der Waals surface area contributed by atoms with Crippen LogP contribution in [0, 0.1) is 0 Å². The maximum atomic E-state index is 12.5. The number of benzene rings is 2. The van der Waals surface area contributed by atoms with Crippen LogP contribution in [-0.2, 0) is 4.74 Å². The van der Waals surface area contributed by atoms with Crippen molar-refractivity contribution < 1.29 is 9.47 Å². The third-order valence-corrected chi connectivity index (χ3v) is 4.60. The Labute approximate surface area is 126 Å². The second-order valence-corrected chi connectivity index (χ2v) is 5.88. The molecule has 0 spiro atoms. The van der Waals surface area contributed by atoms with Gasteiger partial charge in [0.2, 0.25) is 0 Å². The molecule has 1 fully saturated rings. The van der Waals surface area contributed by atoms with E-state index in [1.54, 1.807) is 11.3 Å². The number of rotatable bonds is 3. The van der Waals surface area contributed by atoms with Crippen LogP contribution in [0.4, 0.5) is 0 Å². The van der Waals surface area contributed by atoms with E-state index in [1.165, 1.54) is 0 Å². The van der Waals surface area contributed by atoms with Crippen molar-refractivity contribution in [3.8, 4) is 5.75 Å². The summed E-state index contributed by atoms with van der Waals surface area (Å²) in [5.41, 5.74) is 0.0717. The number of hydrogen-bond donors (Lipinski definition) is 0. The molecule has 108 valence electrons. The van der Waals surface area contributed by atoms with E-state index in [0.29, 0.717) is 6.61 Å². The molecule has 0 radical (unpaired) electrons. The van der Waals surface area contributed by atoms with Crippen LogP contribution >= 0.6 is 11.3 Å². The smallest absolute Gasteiger partial charge is 0.196 e. The molecule has 3 aromatic rings. The molecule has 0 bridgehead atoms. The lowest BCUT2D eigenvalue weighted by molar-refractivity contribution is 0.265. The fourth-order valence-electron chi connectivity index (χ4n) is 2.26. The van der Waals surface area contributed by atoms with Gasteiger partial charge in [-0.1, -0.05) is 25.6 Å². The van der Waals surface area contributed by atoms with Gasteiger partial charge in [0.25, 0.3) is 0 Å². The molecule has 0 saturated carbocycles. The first-order chi connectivity index (χ1) is 9.83. The minimum Gasteiger partial charge on any atom is -0.489 e. The van der Waals surface area contributed by atoms with Crippen LogP contribution in [-0.4, -0.2) is 19.3 Å². The van der Waals surface area contributed by atoms with E-state index >= 15 is 0 Å². The predicted octanol–water partition coefficient (Wildman–Crippen LogP) is 3.83. The van der Waals surface area contributed by atoms with Crippen LogP contribution in [0.2, 0.25) is 0 Å². The number of hydrogen-bond acceptors (Lipinski definition) is 4. The van der Waals surface area contributed by atoms with Gasteiger partial charge in [0, 0.05) is 15.5 Å². The van der Waals surface area contributed by atoms with Crippen LogP contribution in [0.1, 0.15) is 7.43 Å². The van der Waals surface area contributed by atoms with E-state index in [4.69, 9.17) is 9.47 Å². The topological polar surface area (TPSA) is 38.8 Å². The fourth-order valence-corrected chi connectivity index (χ4v) is 3.39. The molecule has 1 aliphatic heterocycles. The lowest BCUT2D eigenvalue weighted by Gasteiger charge is -2.08. The standard InChI is InChI=1S/C16H12O3S.CH4/c17-15-11-4-1-2-7-14(11)20-16-12(15)5-3-6-13(16)19-9-10-8-18-10;/h1-7,10H,8-9H2;1H4. The van der Waals surface area contributed by atoms with E-state index in [2.05, 4.69) is 0 Å². The Morgan fingerprint density at radius 1 is 1.14 bits per heavy atom. The Morgan fingerprint density at radius 2 is 1.90 bits per heavy atom. The van der Waals surface area contributed by atoms with Crippen molar-refractivity contribution >= 4 is 31.5 Å². The van der Waals surface area contributed by atoms with E-state index < -0.39 is 0 Å². The molecule has 21 heavy (non-hydrogen) atoms. The summed E-state index contributed by atoms with van der Waals surface area (Å²) >= 11 is 1.60. The van der Waals surface area contributed by atoms with Gasteiger partial charge in [-0.15, -0.1) is 11.3 Å². The Balaban J connectivity index is 0.00000132. The fraction of sp³-hybridized carbons (Fsp3) is 0.235. The summed E-state index contributed by atoms with van der Waals surface area (Å²) in [6, 6.07) is 13.3. The summed E-state index contributed by atoms with van der Waals surface area (Å²) < 4.78 is 12.8. The Kier molecular flexibility index (Phi) is 3.66. The van der Waals surface area contributed by atoms with Gasteiger partial charge in [-0.05, 0) is 24.3 Å². The van der Waals surface area contributed by atoms with E-state index in [-0.39, 0.29) is 19.0 Å². The molecule has 0 N–H and O–H groups in total. The lowest BCUT2D eigenvalue weighted by atomic mass is 10.2. The van der Waals surface area contributed by atoms with Crippen LogP contribution < -0.4 is 10.2 Å². The summed E-state index contributed by atoms with van der Waals surface area (Å²) in [6.45, 7) is 1.32. The Hall–Kier alpha value is -1.91. The Morgan fingerprint density at radius 3 is 2.71 bits per heavy atom. The maximum Gasteiger partial charge on any atom is 0.196 e. The van der Waals surface area contributed by atoms with Crippen molar-refractivity contribution in [2.45, 2.75) is 13.5 Å².